The summed E-state index contributed by atoms with van der Waals surface area (Å²) in [4.78, 5) is 22.0. The lowest BCUT2D eigenvalue weighted by atomic mass is 10.0. The number of hydrogen-bond donors (Lipinski definition) is 0. The van der Waals surface area contributed by atoms with E-state index in [1.165, 1.54) is 25.9 Å². The Morgan fingerprint density at radius 2 is 2.00 bits per heavy atom. The van der Waals surface area contributed by atoms with Crippen LogP contribution in [0.5, 0.6) is 0 Å². The molecule has 1 amide bonds. The standard InChI is InChI=1S/C22H31N3O2/c1-17(2)18(3)25(16-21-7-6-14-27-21)22(26)19-8-9-20(23-15-19)10-13-24-11-4-5-12-24/h6-9,14-15,17-18H,4-5,10-13,16H2,1-3H3. The number of rotatable bonds is 8. The SMILES string of the molecule is CC(C)C(C)N(Cc1ccco1)C(=O)c1ccc(CCN2CCCC2)nc1. The lowest BCUT2D eigenvalue weighted by molar-refractivity contribution is 0.0610. The second-order valence-electron chi connectivity index (χ2n) is 7.83. The third kappa shape index (κ3) is 5.19. The van der Waals surface area contributed by atoms with Crippen LogP contribution in [0.15, 0.2) is 41.1 Å². The Labute approximate surface area is 162 Å². The lowest BCUT2D eigenvalue weighted by Gasteiger charge is -2.31. The van der Waals surface area contributed by atoms with Crippen molar-refractivity contribution in [3.05, 3.63) is 53.7 Å². The molecule has 0 radical (unpaired) electrons. The quantitative estimate of drug-likeness (QED) is 0.706. The van der Waals surface area contributed by atoms with E-state index >= 15 is 0 Å². The van der Waals surface area contributed by atoms with Crippen molar-refractivity contribution >= 4 is 5.91 Å². The zero-order valence-corrected chi connectivity index (χ0v) is 16.7. The third-order valence-corrected chi connectivity index (χ3v) is 5.58. The second kappa shape index (κ2) is 9.18. The van der Waals surface area contributed by atoms with Crippen LogP contribution in [0.1, 0.15) is 55.4 Å². The Balaban J connectivity index is 1.66. The molecule has 0 spiro atoms. The van der Waals surface area contributed by atoms with Crippen molar-refractivity contribution < 1.29 is 9.21 Å². The molecular formula is C22H31N3O2. The molecule has 0 N–H and O–H groups in total. The molecule has 5 heteroatoms. The maximum atomic E-state index is 13.1. The molecule has 1 unspecified atom stereocenters. The van der Waals surface area contributed by atoms with Crippen molar-refractivity contribution in [3.8, 4) is 0 Å². The first-order chi connectivity index (χ1) is 13.0. The van der Waals surface area contributed by atoms with E-state index in [2.05, 4.69) is 30.7 Å². The van der Waals surface area contributed by atoms with E-state index in [9.17, 15) is 4.79 Å². The summed E-state index contributed by atoms with van der Waals surface area (Å²) in [5.74, 6) is 1.16. The fourth-order valence-electron chi connectivity index (χ4n) is 3.47. The van der Waals surface area contributed by atoms with Gasteiger partial charge in [-0.05, 0) is 63.0 Å². The van der Waals surface area contributed by atoms with Crippen molar-refractivity contribution in [3.63, 3.8) is 0 Å². The molecule has 0 bridgehead atoms. The molecule has 0 aliphatic carbocycles. The molecule has 146 valence electrons. The van der Waals surface area contributed by atoms with Crippen molar-refractivity contribution in [2.24, 2.45) is 5.92 Å². The highest BCUT2D eigenvalue weighted by Gasteiger charge is 2.25. The molecule has 0 saturated carbocycles. The van der Waals surface area contributed by atoms with Gasteiger partial charge in [-0.15, -0.1) is 0 Å². The molecule has 3 rings (SSSR count). The van der Waals surface area contributed by atoms with Gasteiger partial charge < -0.3 is 14.2 Å². The third-order valence-electron chi connectivity index (χ3n) is 5.58. The Hall–Kier alpha value is -2.14. The number of pyridine rings is 1. The van der Waals surface area contributed by atoms with E-state index in [0.717, 1.165) is 24.4 Å². The van der Waals surface area contributed by atoms with E-state index < -0.39 is 0 Å². The normalized spacial score (nSPS) is 16.0. The van der Waals surface area contributed by atoms with Gasteiger partial charge in [0.25, 0.3) is 5.91 Å². The maximum absolute atomic E-state index is 13.1. The molecule has 0 aromatic carbocycles. The molecule has 1 atom stereocenters. The number of carbonyl (C=O) groups is 1. The number of likely N-dealkylation sites (tertiary alicyclic amines) is 1. The van der Waals surface area contributed by atoms with Crippen LogP contribution < -0.4 is 0 Å². The summed E-state index contributed by atoms with van der Waals surface area (Å²) in [5, 5.41) is 0. The molecule has 3 heterocycles. The van der Waals surface area contributed by atoms with E-state index in [1.807, 2.05) is 29.2 Å². The van der Waals surface area contributed by atoms with Gasteiger partial charge in [-0.25, -0.2) is 0 Å². The summed E-state index contributed by atoms with van der Waals surface area (Å²) in [5.41, 5.74) is 1.69. The fraction of sp³-hybridized carbons (Fsp3) is 0.545. The van der Waals surface area contributed by atoms with Crippen LogP contribution in [0.25, 0.3) is 0 Å². The first-order valence-electron chi connectivity index (χ1n) is 10.0. The molecule has 1 aliphatic rings. The average Bonchev–Trinajstić information content (AvgIpc) is 3.37. The van der Waals surface area contributed by atoms with E-state index in [1.54, 1.807) is 12.5 Å². The van der Waals surface area contributed by atoms with Crippen LogP contribution in [-0.4, -0.2) is 46.4 Å². The first-order valence-corrected chi connectivity index (χ1v) is 10.0. The summed E-state index contributed by atoms with van der Waals surface area (Å²) in [6, 6.07) is 7.78. The number of amides is 1. The molecule has 2 aromatic heterocycles. The topological polar surface area (TPSA) is 49.6 Å². The van der Waals surface area contributed by atoms with Gasteiger partial charge in [-0.1, -0.05) is 13.8 Å². The summed E-state index contributed by atoms with van der Waals surface area (Å²) < 4.78 is 5.47. The number of carbonyl (C=O) groups excluding carboxylic acids is 1. The van der Waals surface area contributed by atoms with Crippen LogP contribution in [0.3, 0.4) is 0 Å². The highest BCUT2D eigenvalue weighted by Crippen LogP contribution is 2.18. The van der Waals surface area contributed by atoms with Gasteiger partial charge in [0.15, 0.2) is 0 Å². The molecule has 1 fully saturated rings. The summed E-state index contributed by atoms with van der Waals surface area (Å²) in [6.07, 6.45) is 6.92. The largest absolute Gasteiger partial charge is 0.467 e. The molecule has 2 aromatic rings. The Kier molecular flexibility index (Phi) is 6.67. The number of aromatic nitrogens is 1. The van der Waals surface area contributed by atoms with Gasteiger partial charge in [0, 0.05) is 30.9 Å². The number of hydrogen-bond acceptors (Lipinski definition) is 4. The predicted octanol–water partition coefficient (Wildman–Crippen LogP) is 4.00. The first kappa shape index (κ1) is 19.6. The van der Waals surface area contributed by atoms with Gasteiger partial charge in [0.2, 0.25) is 0 Å². The number of furan rings is 1. The van der Waals surface area contributed by atoms with Gasteiger partial charge in [-0.2, -0.15) is 0 Å². The van der Waals surface area contributed by atoms with Crippen molar-refractivity contribution in [2.75, 3.05) is 19.6 Å². The molecule has 27 heavy (non-hydrogen) atoms. The Bertz CT molecular complexity index is 704. The van der Waals surface area contributed by atoms with Gasteiger partial charge >= 0.3 is 0 Å². The van der Waals surface area contributed by atoms with Crippen LogP contribution >= 0.6 is 0 Å². The molecule has 1 saturated heterocycles. The van der Waals surface area contributed by atoms with Crippen LogP contribution in [0, 0.1) is 5.92 Å². The van der Waals surface area contributed by atoms with Crippen LogP contribution in [-0.2, 0) is 13.0 Å². The number of nitrogens with zero attached hydrogens (tertiary/aromatic N) is 3. The van der Waals surface area contributed by atoms with E-state index in [0.29, 0.717) is 18.0 Å². The van der Waals surface area contributed by atoms with Crippen molar-refractivity contribution in [1.82, 2.24) is 14.8 Å². The van der Waals surface area contributed by atoms with Crippen LogP contribution in [0.4, 0.5) is 0 Å². The van der Waals surface area contributed by atoms with Gasteiger partial charge in [0.1, 0.15) is 5.76 Å². The minimum atomic E-state index is 0.00573. The van der Waals surface area contributed by atoms with E-state index in [-0.39, 0.29) is 11.9 Å². The maximum Gasteiger partial charge on any atom is 0.256 e. The fourth-order valence-corrected chi connectivity index (χ4v) is 3.47. The Morgan fingerprint density at radius 1 is 1.22 bits per heavy atom. The zero-order valence-electron chi connectivity index (χ0n) is 16.7. The van der Waals surface area contributed by atoms with E-state index in [4.69, 9.17) is 4.42 Å². The lowest BCUT2D eigenvalue weighted by Crippen LogP contribution is -2.41. The summed E-state index contributed by atoms with van der Waals surface area (Å²) in [6.45, 7) is 10.3. The summed E-state index contributed by atoms with van der Waals surface area (Å²) >= 11 is 0. The molecule has 5 nitrogen and oxygen atoms in total. The monoisotopic (exact) mass is 369 g/mol. The van der Waals surface area contributed by atoms with Crippen molar-refractivity contribution in [2.45, 2.75) is 52.6 Å². The predicted molar refractivity (Wildman–Crippen MR) is 106 cm³/mol. The minimum absolute atomic E-state index is 0.00573. The van der Waals surface area contributed by atoms with Gasteiger partial charge in [-0.3, -0.25) is 9.78 Å². The van der Waals surface area contributed by atoms with Crippen LogP contribution in [0.2, 0.25) is 0 Å². The molecular weight excluding hydrogens is 338 g/mol. The highest BCUT2D eigenvalue weighted by molar-refractivity contribution is 5.94. The van der Waals surface area contributed by atoms with Crippen molar-refractivity contribution in [1.29, 1.82) is 0 Å². The second-order valence-corrected chi connectivity index (χ2v) is 7.83. The Morgan fingerprint density at radius 3 is 2.59 bits per heavy atom. The highest BCUT2D eigenvalue weighted by atomic mass is 16.3. The smallest absolute Gasteiger partial charge is 0.256 e. The van der Waals surface area contributed by atoms with Gasteiger partial charge in [0.05, 0.1) is 18.4 Å². The zero-order chi connectivity index (χ0) is 19.2. The average molecular weight is 370 g/mol. The molecule has 1 aliphatic heterocycles. The minimum Gasteiger partial charge on any atom is -0.467 e. The summed E-state index contributed by atoms with van der Waals surface area (Å²) in [7, 11) is 0.